The Kier molecular flexibility index (Phi) is 3.49. The number of benzene rings is 1. The molecule has 1 heterocycles. The lowest BCUT2D eigenvalue weighted by Crippen LogP contribution is -2.28. The summed E-state index contributed by atoms with van der Waals surface area (Å²) >= 11 is 0. The van der Waals surface area contributed by atoms with Crippen LogP contribution in [-0.2, 0) is 4.79 Å². The fourth-order valence-electron chi connectivity index (χ4n) is 1.70. The molecule has 5 nitrogen and oxygen atoms in total. The average Bonchev–Trinajstić information content (AvgIpc) is 2.69. The summed E-state index contributed by atoms with van der Waals surface area (Å²) < 4.78 is 10.7. The maximum atomic E-state index is 11.2. The second-order valence-corrected chi connectivity index (χ2v) is 3.86. The van der Waals surface area contributed by atoms with Crippen LogP contribution in [0.15, 0.2) is 18.2 Å². The van der Waals surface area contributed by atoms with E-state index in [-0.39, 0.29) is 18.6 Å². The summed E-state index contributed by atoms with van der Waals surface area (Å²) in [4.78, 5) is 11.2. The monoisotopic (exact) mass is 236 g/mol. The van der Waals surface area contributed by atoms with Crippen LogP contribution in [0.4, 0.5) is 0 Å². The summed E-state index contributed by atoms with van der Waals surface area (Å²) in [6, 6.07) is 5.37. The Hall–Kier alpha value is -1.75. The number of hydrogen-bond acceptors (Lipinski definition) is 4. The smallest absolute Gasteiger partial charge is 0.257 e. The van der Waals surface area contributed by atoms with Crippen molar-refractivity contribution in [2.24, 2.45) is 5.73 Å². The molecule has 0 fully saturated rings. The van der Waals surface area contributed by atoms with Gasteiger partial charge in [0.25, 0.3) is 5.91 Å². The maximum absolute atomic E-state index is 11.2. The molecule has 3 N–H and O–H groups in total. The lowest BCUT2D eigenvalue weighted by Gasteiger charge is -2.07. The first-order chi connectivity index (χ1) is 8.20. The fourth-order valence-corrected chi connectivity index (χ4v) is 1.70. The van der Waals surface area contributed by atoms with E-state index in [1.54, 1.807) is 12.1 Å². The van der Waals surface area contributed by atoms with Crippen molar-refractivity contribution in [2.45, 2.75) is 13.0 Å². The molecule has 5 heteroatoms. The third-order valence-corrected chi connectivity index (χ3v) is 2.55. The van der Waals surface area contributed by atoms with Crippen LogP contribution in [0.25, 0.3) is 0 Å². The van der Waals surface area contributed by atoms with Gasteiger partial charge in [0.05, 0.1) is 6.04 Å². The molecule has 92 valence electrons. The Bertz CT molecular complexity index is 420. The number of nitrogens with two attached hydrogens (primary N) is 1. The number of hydrogen-bond donors (Lipinski definition) is 2. The van der Waals surface area contributed by atoms with Crippen LogP contribution in [0.3, 0.4) is 0 Å². The van der Waals surface area contributed by atoms with E-state index < -0.39 is 0 Å². The van der Waals surface area contributed by atoms with E-state index in [1.165, 1.54) is 0 Å². The normalized spacial score (nSPS) is 17.2. The molecule has 0 saturated carbocycles. The topological polar surface area (TPSA) is 73.6 Å². The zero-order valence-corrected chi connectivity index (χ0v) is 9.73. The van der Waals surface area contributed by atoms with Crippen LogP contribution >= 0.6 is 0 Å². The first-order valence-corrected chi connectivity index (χ1v) is 5.62. The lowest BCUT2D eigenvalue weighted by molar-refractivity contribution is -0.122. The predicted octanol–water partition coefficient (Wildman–Crippen LogP) is 0.594. The van der Waals surface area contributed by atoms with Gasteiger partial charge >= 0.3 is 0 Å². The molecule has 0 aliphatic carbocycles. The number of fused-ring (bicyclic) bond motifs is 1. The van der Waals surface area contributed by atoms with Crippen molar-refractivity contribution in [3.05, 3.63) is 23.8 Å². The number of likely N-dealkylation sites (N-methyl/N-ethyl adjacent to an activating group) is 1. The molecule has 1 amide bonds. The van der Waals surface area contributed by atoms with Crippen molar-refractivity contribution < 1.29 is 14.3 Å². The van der Waals surface area contributed by atoms with Gasteiger partial charge in [0.2, 0.25) is 0 Å². The van der Waals surface area contributed by atoms with E-state index >= 15 is 0 Å². The van der Waals surface area contributed by atoms with Crippen molar-refractivity contribution >= 4 is 5.91 Å². The quantitative estimate of drug-likeness (QED) is 0.802. The Balaban J connectivity index is 1.97. The van der Waals surface area contributed by atoms with E-state index in [2.05, 4.69) is 5.32 Å². The average molecular weight is 236 g/mol. The first-order valence-electron chi connectivity index (χ1n) is 5.62. The van der Waals surface area contributed by atoms with Gasteiger partial charge in [-0.1, -0.05) is 0 Å². The predicted molar refractivity (Wildman–Crippen MR) is 63.0 cm³/mol. The molecule has 0 saturated heterocycles. The van der Waals surface area contributed by atoms with Gasteiger partial charge in [-0.25, -0.2) is 0 Å². The second kappa shape index (κ2) is 5.05. The Labute approximate surface area is 99.9 Å². The van der Waals surface area contributed by atoms with Gasteiger partial charge < -0.3 is 20.5 Å². The van der Waals surface area contributed by atoms with Crippen molar-refractivity contribution in [3.8, 4) is 11.5 Å². The van der Waals surface area contributed by atoms with Crippen LogP contribution < -0.4 is 20.5 Å². The van der Waals surface area contributed by atoms with Crippen molar-refractivity contribution in [2.75, 3.05) is 19.8 Å². The zero-order chi connectivity index (χ0) is 12.3. The molecule has 1 atom stereocenters. The minimum Gasteiger partial charge on any atom is -0.491 e. The van der Waals surface area contributed by atoms with Gasteiger partial charge in [0.1, 0.15) is 18.1 Å². The molecule has 1 aliphatic heterocycles. The molecule has 0 spiro atoms. The summed E-state index contributed by atoms with van der Waals surface area (Å²) in [5, 5.41) is 2.66. The zero-order valence-electron chi connectivity index (χ0n) is 9.73. The van der Waals surface area contributed by atoms with Gasteiger partial charge in [-0.15, -0.1) is 0 Å². The standard InChI is InChI=1S/C12H16N2O3/c1-2-14-12(15)7-16-8-3-4-9-10(13)6-17-11(9)5-8/h3-5,10H,2,6-7,13H2,1H3,(H,14,15). The Morgan fingerprint density at radius 1 is 1.65 bits per heavy atom. The molecule has 17 heavy (non-hydrogen) atoms. The number of amides is 1. The molecule has 1 aromatic rings. The van der Waals surface area contributed by atoms with E-state index in [4.69, 9.17) is 15.2 Å². The summed E-state index contributed by atoms with van der Waals surface area (Å²) in [5.41, 5.74) is 6.81. The van der Waals surface area contributed by atoms with Gasteiger partial charge in [-0.2, -0.15) is 0 Å². The number of rotatable bonds is 4. The number of carbonyl (C=O) groups excluding carboxylic acids is 1. The molecule has 0 bridgehead atoms. The minimum absolute atomic E-state index is 0.0126. The molecule has 2 rings (SSSR count). The highest BCUT2D eigenvalue weighted by Gasteiger charge is 2.20. The highest BCUT2D eigenvalue weighted by atomic mass is 16.5. The summed E-state index contributed by atoms with van der Waals surface area (Å²) in [6.07, 6.45) is 0. The fraction of sp³-hybridized carbons (Fsp3) is 0.417. The molecule has 0 radical (unpaired) electrons. The number of carbonyl (C=O) groups is 1. The van der Waals surface area contributed by atoms with E-state index in [1.807, 2.05) is 13.0 Å². The highest BCUT2D eigenvalue weighted by Crippen LogP contribution is 2.33. The molecule has 1 aliphatic rings. The van der Waals surface area contributed by atoms with Crippen LogP contribution in [0.2, 0.25) is 0 Å². The van der Waals surface area contributed by atoms with Gasteiger partial charge in [0.15, 0.2) is 6.61 Å². The second-order valence-electron chi connectivity index (χ2n) is 3.86. The number of ether oxygens (including phenoxy) is 2. The molecule has 0 aromatic heterocycles. The molecule has 1 aromatic carbocycles. The van der Waals surface area contributed by atoms with Crippen LogP contribution in [0.5, 0.6) is 11.5 Å². The van der Waals surface area contributed by atoms with E-state index in [0.717, 1.165) is 11.3 Å². The van der Waals surface area contributed by atoms with E-state index in [0.29, 0.717) is 18.9 Å². The van der Waals surface area contributed by atoms with Crippen LogP contribution in [0, 0.1) is 0 Å². The third-order valence-electron chi connectivity index (χ3n) is 2.55. The molecule has 1 unspecified atom stereocenters. The summed E-state index contributed by atoms with van der Waals surface area (Å²) in [6.45, 7) is 2.97. The van der Waals surface area contributed by atoms with Gasteiger partial charge in [-0.3, -0.25) is 4.79 Å². The maximum Gasteiger partial charge on any atom is 0.257 e. The van der Waals surface area contributed by atoms with Crippen molar-refractivity contribution in [1.82, 2.24) is 5.32 Å². The molecular formula is C12H16N2O3. The summed E-state index contributed by atoms with van der Waals surface area (Å²) in [5.74, 6) is 1.22. The van der Waals surface area contributed by atoms with Gasteiger partial charge in [-0.05, 0) is 19.1 Å². The Morgan fingerprint density at radius 2 is 2.47 bits per heavy atom. The Morgan fingerprint density at radius 3 is 3.24 bits per heavy atom. The highest BCUT2D eigenvalue weighted by molar-refractivity contribution is 5.77. The van der Waals surface area contributed by atoms with E-state index in [9.17, 15) is 4.79 Å². The third kappa shape index (κ3) is 2.68. The first kappa shape index (κ1) is 11.7. The SMILES string of the molecule is CCNC(=O)COc1ccc2c(c1)OCC2N. The lowest BCUT2D eigenvalue weighted by atomic mass is 10.1. The van der Waals surface area contributed by atoms with Gasteiger partial charge in [0, 0.05) is 18.2 Å². The molecular weight excluding hydrogens is 220 g/mol. The van der Waals surface area contributed by atoms with Crippen molar-refractivity contribution in [1.29, 1.82) is 0 Å². The van der Waals surface area contributed by atoms with Crippen molar-refractivity contribution in [3.63, 3.8) is 0 Å². The minimum atomic E-state index is -0.134. The largest absolute Gasteiger partial charge is 0.491 e. The van der Waals surface area contributed by atoms with Crippen LogP contribution in [0.1, 0.15) is 18.5 Å². The number of nitrogens with one attached hydrogen (secondary N) is 1. The van der Waals surface area contributed by atoms with Crippen LogP contribution in [-0.4, -0.2) is 25.7 Å². The summed E-state index contributed by atoms with van der Waals surface area (Å²) in [7, 11) is 0.